The Bertz CT molecular complexity index is 560. The van der Waals surface area contributed by atoms with Gasteiger partial charge in [0.05, 0.1) is 12.5 Å². The van der Waals surface area contributed by atoms with Crippen LogP contribution in [0.3, 0.4) is 0 Å². The van der Waals surface area contributed by atoms with E-state index < -0.39 is 29.6 Å². The van der Waals surface area contributed by atoms with Crippen molar-refractivity contribution in [3.63, 3.8) is 0 Å². The summed E-state index contributed by atoms with van der Waals surface area (Å²) in [6.07, 6.45) is 3.68. The monoisotopic (exact) mass is 399 g/mol. The van der Waals surface area contributed by atoms with Gasteiger partial charge in [0.15, 0.2) is 0 Å². The number of nitrogens with zero attached hydrogens (tertiary/aromatic N) is 2. The van der Waals surface area contributed by atoms with Crippen LogP contribution in [-0.2, 0) is 19.1 Å². The molecule has 1 unspecified atom stereocenters. The summed E-state index contributed by atoms with van der Waals surface area (Å²) in [4.78, 5) is 49.5. The van der Waals surface area contributed by atoms with Gasteiger partial charge in [-0.05, 0) is 40.0 Å². The number of likely N-dealkylation sites (tertiary alicyclic amines) is 1. The van der Waals surface area contributed by atoms with Gasteiger partial charge in [0, 0.05) is 6.54 Å². The van der Waals surface area contributed by atoms with Crippen molar-refractivity contribution in [2.45, 2.75) is 77.9 Å². The Kier molecular flexibility index (Phi) is 9.37. The minimum absolute atomic E-state index is 0.122. The van der Waals surface area contributed by atoms with Crippen molar-refractivity contribution in [2.75, 3.05) is 13.1 Å². The number of carbonyl (C=O) groups is 4. The molecule has 9 heteroatoms. The Balaban J connectivity index is 2.79. The van der Waals surface area contributed by atoms with Crippen LogP contribution in [0.4, 0.5) is 4.79 Å². The highest BCUT2D eigenvalue weighted by Crippen LogP contribution is 2.23. The average molecular weight is 399 g/mol. The van der Waals surface area contributed by atoms with Gasteiger partial charge in [0.25, 0.3) is 5.91 Å². The highest BCUT2D eigenvalue weighted by atomic mass is 16.6. The second kappa shape index (κ2) is 11.0. The highest BCUT2D eigenvalue weighted by molar-refractivity contribution is 5.97. The molecule has 2 N–H and O–H groups in total. The van der Waals surface area contributed by atoms with Gasteiger partial charge in [-0.3, -0.25) is 24.9 Å². The van der Waals surface area contributed by atoms with Gasteiger partial charge < -0.3 is 9.64 Å². The summed E-state index contributed by atoms with van der Waals surface area (Å²) in [5.41, 5.74) is -0.737. The number of carbonyl (C=O) groups excluding carboxylic acids is 4. The van der Waals surface area contributed by atoms with E-state index in [0.29, 0.717) is 30.9 Å². The summed E-state index contributed by atoms with van der Waals surface area (Å²) in [7, 11) is 0. The first kappa shape index (κ1) is 23.9. The van der Waals surface area contributed by atoms with E-state index >= 15 is 0 Å². The third kappa shape index (κ3) is 7.84. The van der Waals surface area contributed by atoms with Crippen LogP contribution in [-0.4, -0.2) is 64.2 Å². The van der Waals surface area contributed by atoms with Crippen molar-refractivity contribution >= 4 is 24.3 Å². The number of alkyl carbamates (subject to hydrolysis) is 1. The molecule has 0 radical (unpaired) electrons. The number of amides is 4. The maximum absolute atomic E-state index is 13.0. The van der Waals surface area contributed by atoms with Crippen LogP contribution in [0, 0.1) is 5.92 Å². The van der Waals surface area contributed by atoms with Crippen LogP contribution >= 0.6 is 0 Å². The molecule has 0 aromatic rings. The lowest BCUT2D eigenvalue weighted by Crippen LogP contribution is -2.51. The standard InChI is InChI=1S/C19H33N3O6/c1-5-6-7-9-14(12-21(27)13-23)17(25)22-11-8-10-15(22)16(24)20-18(26)28-19(2,3)4/h13-15,27H,5-12H2,1-4H3,(H,20,24,26)/t14?,15-/m0/s1. The lowest BCUT2D eigenvalue weighted by molar-refractivity contribution is -0.158. The predicted octanol–water partition coefficient (Wildman–Crippen LogP) is 2.07. The lowest BCUT2D eigenvalue weighted by Gasteiger charge is -2.29. The predicted molar refractivity (Wildman–Crippen MR) is 101 cm³/mol. The molecule has 160 valence electrons. The minimum Gasteiger partial charge on any atom is -0.444 e. The van der Waals surface area contributed by atoms with Crippen molar-refractivity contribution in [3.8, 4) is 0 Å². The van der Waals surface area contributed by atoms with E-state index in [1.807, 2.05) is 6.92 Å². The zero-order valence-electron chi connectivity index (χ0n) is 17.3. The van der Waals surface area contributed by atoms with Gasteiger partial charge >= 0.3 is 6.09 Å². The fraction of sp³-hybridized carbons (Fsp3) is 0.789. The number of rotatable bonds is 9. The molecule has 0 bridgehead atoms. The summed E-state index contributed by atoms with van der Waals surface area (Å²) in [6, 6.07) is -0.767. The maximum atomic E-state index is 13.0. The van der Waals surface area contributed by atoms with E-state index in [-0.39, 0.29) is 18.9 Å². The Morgan fingerprint density at radius 3 is 2.57 bits per heavy atom. The van der Waals surface area contributed by atoms with E-state index in [9.17, 15) is 24.4 Å². The number of unbranched alkanes of at least 4 members (excludes halogenated alkanes) is 2. The second-order valence-corrected chi connectivity index (χ2v) is 8.10. The molecule has 28 heavy (non-hydrogen) atoms. The normalized spacial score (nSPS) is 17.8. The van der Waals surface area contributed by atoms with E-state index in [1.54, 1.807) is 20.8 Å². The van der Waals surface area contributed by atoms with Crippen molar-refractivity contribution < 1.29 is 29.1 Å². The quantitative estimate of drug-likeness (QED) is 0.265. The number of hydroxylamine groups is 2. The van der Waals surface area contributed by atoms with E-state index in [4.69, 9.17) is 4.74 Å². The molecule has 1 saturated heterocycles. The van der Waals surface area contributed by atoms with E-state index in [2.05, 4.69) is 5.32 Å². The van der Waals surface area contributed by atoms with Crippen LogP contribution < -0.4 is 5.32 Å². The van der Waals surface area contributed by atoms with Crippen LogP contribution in [0.15, 0.2) is 0 Å². The molecule has 0 aromatic heterocycles. The number of hydrogen-bond acceptors (Lipinski definition) is 6. The first-order valence-corrected chi connectivity index (χ1v) is 9.84. The molecule has 9 nitrogen and oxygen atoms in total. The fourth-order valence-corrected chi connectivity index (χ4v) is 3.23. The van der Waals surface area contributed by atoms with Gasteiger partial charge in [0.2, 0.25) is 12.3 Å². The van der Waals surface area contributed by atoms with Crippen molar-refractivity contribution in [1.29, 1.82) is 0 Å². The van der Waals surface area contributed by atoms with E-state index in [1.165, 1.54) is 4.90 Å². The summed E-state index contributed by atoms with van der Waals surface area (Å²) < 4.78 is 5.09. The van der Waals surface area contributed by atoms with Crippen molar-refractivity contribution in [3.05, 3.63) is 0 Å². The number of nitrogens with one attached hydrogen (secondary N) is 1. The maximum Gasteiger partial charge on any atom is 0.414 e. The fourth-order valence-electron chi connectivity index (χ4n) is 3.23. The molecule has 1 rings (SSSR count). The summed E-state index contributed by atoms with van der Waals surface area (Å²) in [5, 5.41) is 12.2. The second-order valence-electron chi connectivity index (χ2n) is 8.10. The number of hydrogen-bond donors (Lipinski definition) is 2. The molecule has 2 atom stereocenters. The Morgan fingerprint density at radius 1 is 1.32 bits per heavy atom. The summed E-state index contributed by atoms with van der Waals surface area (Å²) in [6.45, 7) is 7.38. The molecular weight excluding hydrogens is 366 g/mol. The van der Waals surface area contributed by atoms with Gasteiger partial charge in [-0.1, -0.05) is 26.2 Å². The van der Waals surface area contributed by atoms with E-state index in [0.717, 1.165) is 19.3 Å². The van der Waals surface area contributed by atoms with Crippen molar-refractivity contribution in [1.82, 2.24) is 15.3 Å². The largest absolute Gasteiger partial charge is 0.444 e. The molecular formula is C19H33N3O6. The first-order valence-electron chi connectivity index (χ1n) is 9.84. The zero-order valence-corrected chi connectivity index (χ0v) is 17.3. The summed E-state index contributed by atoms with van der Waals surface area (Å²) in [5.74, 6) is -1.47. The van der Waals surface area contributed by atoms with Crippen LogP contribution in [0.1, 0.15) is 66.2 Å². The third-order valence-electron chi connectivity index (χ3n) is 4.50. The smallest absolute Gasteiger partial charge is 0.414 e. The molecule has 0 saturated carbocycles. The van der Waals surface area contributed by atoms with Gasteiger partial charge in [-0.2, -0.15) is 0 Å². The third-order valence-corrected chi connectivity index (χ3v) is 4.50. The average Bonchev–Trinajstić information content (AvgIpc) is 3.08. The Hall–Kier alpha value is -2.16. The van der Waals surface area contributed by atoms with Gasteiger partial charge in [-0.15, -0.1) is 0 Å². The Labute approximate surface area is 166 Å². The Morgan fingerprint density at radius 2 is 2.00 bits per heavy atom. The molecule has 4 amide bonds. The number of imide groups is 1. The lowest BCUT2D eigenvalue weighted by atomic mass is 9.99. The topological polar surface area (TPSA) is 116 Å². The molecule has 1 aliphatic rings. The molecule has 1 heterocycles. The molecule has 1 fully saturated rings. The highest BCUT2D eigenvalue weighted by Gasteiger charge is 2.38. The minimum atomic E-state index is -0.848. The van der Waals surface area contributed by atoms with Crippen molar-refractivity contribution in [2.24, 2.45) is 5.92 Å². The van der Waals surface area contributed by atoms with Crippen LogP contribution in [0.5, 0.6) is 0 Å². The molecule has 0 aliphatic carbocycles. The molecule has 0 spiro atoms. The summed E-state index contributed by atoms with van der Waals surface area (Å²) >= 11 is 0. The zero-order chi connectivity index (χ0) is 21.3. The van der Waals surface area contributed by atoms with Crippen LogP contribution in [0.25, 0.3) is 0 Å². The van der Waals surface area contributed by atoms with Gasteiger partial charge in [-0.25, -0.2) is 9.86 Å². The van der Waals surface area contributed by atoms with Gasteiger partial charge in [0.1, 0.15) is 11.6 Å². The first-order chi connectivity index (χ1) is 13.1. The molecule has 1 aliphatic heterocycles. The SMILES string of the molecule is CCCCCC(CN(O)C=O)C(=O)N1CCC[C@H]1C(=O)NC(=O)OC(C)(C)C. The number of ether oxygens (including phenoxy) is 1. The van der Waals surface area contributed by atoms with Crippen LogP contribution in [0.2, 0.25) is 0 Å². The molecule has 0 aromatic carbocycles.